The van der Waals surface area contributed by atoms with E-state index in [9.17, 15) is 9.59 Å². The van der Waals surface area contributed by atoms with Crippen molar-refractivity contribution in [3.05, 3.63) is 64.5 Å². The molecule has 3 aromatic rings. The quantitative estimate of drug-likeness (QED) is 0.343. The van der Waals surface area contributed by atoms with Crippen molar-refractivity contribution in [3.63, 3.8) is 0 Å². The van der Waals surface area contributed by atoms with Gasteiger partial charge < -0.3 is 23.4 Å². The van der Waals surface area contributed by atoms with Crippen LogP contribution in [0.3, 0.4) is 0 Å². The Morgan fingerprint density at radius 1 is 1.15 bits per heavy atom. The van der Waals surface area contributed by atoms with Gasteiger partial charge in [0.25, 0.3) is 0 Å². The van der Waals surface area contributed by atoms with Gasteiger partial charge >= 0.3 is 5.97 Å². The normalized spacial score (nSPS) is 12.8. The van der Waals surface area contributed by atoms with E-state index in [4.69, 9.17) is 23.4 Å². The van der Waals surface area contributed by atoms with Crippen LogP contribution in [0, 0.1) is 6.92 Å². The second-order valence-corrected chi connectivity index (χ2v) is 8.04. The molecule has 34 heavy (non-hydrogen) atoms. The lowest BCUT2D eigenvalue weighted by molar-refractivity contribution is -0.144. The zero-order valence-electron chi connectivity index (χ0n) is 19.5. The average Bonchev–Trinajstić information content (AvgIpc) is 3.07. The topological polar surface area (TPSA) is 84.2 Å². The van der Waals surface area contributed by atoms with Crippen LogP contribution in [0.1, 0.15) is 31.1 Å². The molecular formula is C27H28O7. The van der Waals surface area contributed by atoms with Crippen molar-refractivity contribution in [1.82, 2.24) is 0 Å². The van der Waals surface area contributed by atoms with E-state index in [-0.39, 0.29) is 18.6 Å². The monoisotopic (exact) mass is 464 g/mol. The van der Waals surface area contributed by atoms with Crippen LogP contribution in [0.15, 0.2) is 52.2 Å². The Balaban J connectivity index is 1.74. The molecule has 0 spiro atoms. The highest BCUT2D eigenvalue weighted by atomic mass is 16.6. The van der Waals surface area contributed by atoms with Crippen molar-refractivity contribution < 1.29 is 28.2 Å². The lowest BCUT2D eigenvalue weighted by Gasteiger charge is -2.14. The van der Waals surface area contributed by atoms with Crippen molar-refractivity contribution in [2.24, 2.45) is 0 Å². The summed E-state index contributed by atoms with van der Waals surface area (Å²) in [6, 6.07) is 8.96. The number of aryl methyl sites for hydroxylation is 2. The van der Waals surface area contributed by atoms with Gasteiger partial charge in [-0.05, 0) is 42.7 Å². The van der Waals surface area contributed by atoms with E-state index < -0.39 is 5.97 Å². The first kappa shape index (κ1) is 23.4. The van der Waals surface area contributed by atoms with E-state index in [0.29, 0.717) is 64.7 Å². The van der Waals surface area contributed by atoms with E-state index in [1.807, 2.05) is 25.1 Å². The lowest BCUT2D eigenvalue weighted by atomic mass is 10.00. The van der Waals surface area contributed by atoms with E-state index in [1.165, 1.54) is 6.08 Å². The minimum absolute atomic E-state index is 0.123. The SMILES string of the molecule is C=CCOC(=O)COc1cc2oc(C)c(-c3ccc4c(c3)OCCCO4)c(=O)c2cc1CCC. The molecule has 0 fully saturated rings. The molecule has 0 atom stereocenters. The predicted molar refractivity (Wildman–Crippen MR) is 129 cm³/mol. The molecular weight excluding hydrogens is 436 g/mol. The smallest absolute Gasteiger partial charge is 0.344 e. The Kier molecular flexibility index (Phi) is 7.21. The summed E-state index contributed by atoms with van der Waals surface area (Å²) in [4.78, 5) is 25.4. The average molecular weight is 465 g/mol. The van der Waals surface area contributed by atoms with Gasteiger partial charge in [-0.1, -0.05) is 32.1 Å². The van der Waals surface area contributed by atoms with Crippen LogP contribution >= 0.6 is 0 Å². The highest BCUT2D eigenvalue weighted by molar-refractivity contribution is 5.85. The summed E-state index contributed by atoms with van der Waals surface area (Å²) < 4.78 is 28.3. The maximum atomic E-state index is 13.6. The van der Waals surface area contributed by atoms with E-state index in [0.717, 1.165) is 18.4 Å². The van der Waals surface area contributed by atoms with Crippen molar-refractivity contribution in [2.75, 3.05) is 26.4 Å². The van der Waals surface area contributed by atoms with Crippen LogP contribution in [0.25, 0.3) is 22.1 Å². The van der Waals surface area contributed by atoms with Crippen LogP contribution < -0.4 is 19.6 Å². The van der Waals surface area contributed by atoms with Gasteiger partial charge in [-0.25, -0.2) is 4.79 Å². The van der Waals surface area contributed by atoms with Gasteiger partial charge in [0.05, 0.1) is 24.2 Å². The van der Waals surface area contributed by atoms with Crippen molar-refractivity contribution >= 4 is 16.9 Å². The van der Waals surface area contributed by atoms with Crippen LogP contribution in [-0.4, -0.2) is 32.4 Å². The maximum Gasteiger partial charge on any atom is 0.344 e. The molecule has 0 unspecified atom stereocenters. The molecule has 4 rings (SSSR count). The molecule has 7 nitrogen and oxygen atoms in total. The Hall–Kier alpha value is -3.74. The maximum absolute atomic E-state index is 13.6. The van der Waals surface area contributed by atoms with Crippen molar-refractivity contribution in [2.45, 2.75) is 33.1 Å². The number of hydrogen-bond acceptors (Lipinski definition) is 7. The summed E-state index contributed by atoms with van der Waals surface area (Å²) in [5.74, 6) is 1.77. The number of fused-ring (bicyclic) bond motifs is 2. The number of rotatable bonds is 8. The largest absolute Gasteiger partial charge is 0.490 e. The Morgan fingerprint density at radius 2 is 1.94 bits per heavy atom. The first-order valence-electron chi connectivity index (χ1n) is 11.4. The Morgan fingerprint density at radius 3 is 2.71 bits per heavy atom. The summed E-state index contributed by atoms with van der Waals surface area (Å²) in [5.41, 5.74) is 2.27. The summed E-state index contributed by atoms with van der Waals surface area (Å²) in [6.45, 7) is 8.35. The number of carbonyl (C=O) groups excluding carboxylic acids is 1. The molecule has 0 amide bonds. The zero-order valence-corrected chi connectivity index (χ0v) is 19.5. The van der Waals surface area contributed by atoms with Crippen LogP contribution in [0.2, 0.25) is 0 Å². The molecule has 0 aliphatic carbocycles. The van der Waals surface area contributed by atoms with Gasteiger partial charge in [-0.3, -0.25) is 4.79 Å². The Bertz CT molecular complexity index is 1270. The third-order valence-electron chi connectivity index (χ3n) is 5.51. The summed E-state index contributed by atoms with van der Waals surface area (Å²) >= 11 is 0. The summed E-state index contributed by atoms with van der Waals surface area (Å²) in [5, 5.41) is 0.456. The molecule has 0 N–H and O–H groups in total. The number of ether oxygens (including phenoxy) is 4. The fourth-order valence-electron chi connectivity index (χ4n) is 3.96. The molecule has 178 valence electrons. The van der Waals surface area contributed by atoms with E-state index in [1.54, 1.807) is 19.1 Å². The predicted octanol–water partition coefficient (Wildman–Crippen LogP) is 4.99. The summed E-state index contributed by atoms with van der Waals surface area (Å²) in [6.07, 6.45) is 3.82. The van der Waals surface area contributed by atoms with E-state index >= 15 is 0 Å². The van der Waals surface area contributed by atoms with Gasteiger partial charge in [0, 0.05) is 12.5 Å². The molecule has 0 saturated heterocycles. The molecule has 2 heterocycles. The van der Waals surface area contributed by atoms with Crippen LogP contribution in [-0.2, 0) is 16.0 Å². The molecule has 2 aromatic carbocycles. The van der Waals surface area contributed by atoms with Crippen LogP contribution in [0.4, 0.5) is 0 Å². The second kappa shape index (κ2) is 10.5. The number of benzene rings is 2. The number of carbonyl (C=O) groups is 1. The highest BCUT2D eigenvalue weighted by Gasteiger charge is 2.19. The van der Waals surface area contributed by atoms with Gasteiger partial charge in [-0.15, -0.1) is 0 Å². The van der Waals surface area contributed by atoms with Gasteiger partial charge in [-0.2, -0.15) is 0 Å². The standard InChI is InChI=1S/C27H28O7/c1-4-7-18-13-20-23(15-22(18)33-16-25(28)32-10-5-2)34-17(3)26(27(20)29)19-8-9-21-24(14-19)31-12-6-11-30-21/h5,8-9,13-15H,2,4,6-7,10-12,16H2,1,3H3. The fraction of sp³-hybridized carbons (Fsp3) is 0.333. The molecule has 1 aliphatic rings. The van der Waals surface area contributed by atoms with Gasteiger partial charge in [0.15, 0.2) is 18.1 Å². The minimum Gasteiger partial charge on any atom is -0.490 e. The zero-order chi connectivity index (χ0) is 24.1. The first-order valence-corrected chi connectivity index (χ1v) is 11.4. The first-order chi connectivity index (χ1) is 16.5. The summed E-state index contributed by atoms with van der Waals surface area (Å²) in [7, 11) is 0. The van der Waals surface area contributed by atoms with Crippen molar-refractivity contribution in [3.8, 4) is 28.4 Å². The second-order valence-electron chi connectivity index (χ2n) is 8.04. The van der Waals surface area contributed by atoms with E-state index in [2.05, 4.69) is 6.58 Å². The minimum atomic E-state index is -0.496. The van der Waals surface area contributed by atoms with Crippen molar-refractivity contribution in [1.29, 1.82) is 0 Å². The number of esters is 1. The molecule has 7 heteroatoms. The lowest BCUT2D eigenvalue weighted by Crippen LogP contribution is -2.16. The molecule has 1 aromatic heterocycles. The fourth-order valence-corrected chi connectivity index (χ4v) is 3.96. The van der Waals surface area contributed by atoms with Crippen LogP contribution in [0.5, 0.6) is 17.2 Å². The third kappa shape index (κ3) is 4.93. The molecule has 0 radical (unpaired) electrons. The van der Waals surface area contributed by atoms with Gasteiger partial charge in [0.1, 0.15) is 23.7 Å². The highest BCUT2D eigenvalue weighted by Crippen LogP contribution is 2.35. The molecule has 0 saturated carbocycles. The molecule has 0 bridgehead atoms. The Labute approximate surface area is 197 Å². The molecule has 1 aliphatic heterocycles. The number of hydrogen-bond donors (Lipinski definition) is 0. The van der Waals surface area contributed by atoms with Gasteiger partial charge in [0.2, 0.25) is 5.43 Å². The third-order valence-corrected chi connectivity index (χ3v) is 5.51.